The fourth-order valence-corrected chi connectivity index (χ4v) is 2.61. The molecule has 0 aliphatic carbocycles. The molecule has 0 aliphatic heterocycles. The maximum atomic E-state index is 13.5. The number of nitrogens with one attached hydrogen (secondary N) is 2. The lowest BCUT2D eigenvalue weighted by Crippen LogP contribution is -3.08. The molecule has 128 valence electrons. The van der Waals surface area contributed by atoms with Crippen LogP contribution >= 0.6 is 0 Å². The maximum Gasteiger partial charge on any atom is 0.275 e. The third-order valence-electron chi connectivity index (χ3n) is 3.82. The van der Waals surface area contributed by atoms with E-state index in [4.69, 9.17) is 4.74 Å². The summed E-state index contributed by atoms with van der Waals surface area (Å²) >= 11 is 0. The van der Waals surface area contributed by atoms with E-state index in [1.54, 1.807) is 25.3 Å². The summed E-state index contributed by atoms with van der Waals surface area (Å²) in [6.07, 6.45) is 0. The predicted molar refractivity (Wildman–Crippen MR) is 91.4 cm³/mol. The minimum atomic E-state index is -0.303. The number of halogens is 1. The van der Waals surface area contributed by atoms with Crippen molar-refractivity contribution in [2.45, 2.75) is 20.0 Å². The standard InChI is InChI=1S/C19H23FN2O2/c1-14-8-9-18(24-3)16(10-14)12-22(2)13-19(23)21-11-15-6-4-5-7-17(15)20/h4-10H,11-13H2,1-3H3,(H,21,23)/p+1. The molecule has 1 amide bonds. The molecule has 2 N–H and O–H groups in total. The summed E-state index contributed by atoms with van der Waals surface area (Å²) < 4.78 is 18.9. The van der Waals surface area contributed by atoms with Crippen LogP contribution in [0.2, 0.25) is 0 Å². The number of carbonyl (C=O) groups is 1. The van der Waals surface area contributed by atoms with E-state index < -0.39 is 0 Å². The van der Waals surface area contributed by atoms with Gasteiger partial charge in [0.15, 0.2) is 6.54 Å². The Balaban J connectivity index is 1.88. The first-order valence-electron chi connectivity index (χ1n) is 7.94. The first-order chi connectivity index (χ1) is 11.5. The Bertz CT molecular complexity index is 704. The molecule has 0 spiro atoms. The van der Waals surface area contributed by atoms with Gasteiger partial charge in [0, 0.05) is 17.7 Å². The van der Waals surface area contributed by atoms with Gasteiger partial charge in [-0.2, -0.15) is 0 Å². The zero-order valence-electron chi connectivity index (χ0n) is 14.4. The normalized spacial score (nSPS) is 11.8. The number of hydrogen-bond acceptors (Lipinski definition) is 2. The Hall–Kier alpha value is -2.40. The number of methoxy groups -OCH3 is 1. The van der Waals surface area contributed by atoms with Gasteiger partial charge >= 0.3 is 0 Å². The Morgan fingerprint density at radius 1 is 1.21 bits per heavy atom. The van der Waals surface area contributed by atoms with Gasteiger partial charge in [-0.25, -0.2) is 4.39 Å². The number of amides is 1. The Morgan fingerprint density at radius 3 is 2.67 bits per heavy atom. The first kappa shape index (κ1) is 17.9. The van der Waals surface area contributed by atoms with Crippen LogP contribution in [0, 0.1) is 12.7 Å². The molecule has 24 heavy (non-hydrogen) atoms. The SMILES string of the molecule is COc1ccc(C)cc1C[NH+](C)CC(=O)NCc1ccccc1F. The van der Waals surface area contributed by atoms with Crippen LogP contribution in [-0.4, -0.2) is 26.6 Å². The van der Waals surface area contributed by atoms with Gasteiger partial charge in [0.2, 0.25) is 0 Å². The lowest BCUT2D eigenvalue weighted by Gasteiger charge is -2.16. The van der Waals surface area contributed by atoms with Crippen LogP contribution in [0.3, 0.4) is 0 Å². The highest BCUT2D eigenvalue weighted by molar-refractivity contribution is 5.76. The number of likely N-dealkylation sites (N-methyl/N-ethyl adjacent to an activating group) is 1. The van der Waals surface area contributed by atoms with E-state index in [0.717, 1.165) is 21.8 Å². The first-order valence-corrected chi connectivity index (χ1v) is 7.94. The van der Waals surface area contributed by atoms with Crippen molar-refractivity contribution in [3.63, 3.8) is 0 Å². The van der Waals surface area contributed by atoms with Crippen molar-refractivity contribution in [2.24, 2.45) is 0 Å². The number of aryl methyl sites for hydroxylation is 1. The topological polar surface area (TPSA) is 42.8 Å². The van der Waals surface area contributed by atoms with E-state index in [9.17, 15) is 9.18 Å². The largest absolute Gasteiger partial charge is 0.496 e. The average molecular weight is 331 g/mol. The van der Waals surface area contributed by atoms with Crippen LogP contribution in [-0.2, 0) is 17.9 Å². The molecule has 2 aromatic rings. The number of carbonyl (C=O) groups excluding carboxylic acids is 1. The van der Waals surface area contributed by atoms with Crippen molar-refractivity contribution in [1.82, 2.24) is 5.32 Å². The lowest BCUT2D eigenvalue weighted by atomic mass is 10.1. The Kier molecular flexibility index (Phi) is 6.32. The van der Waals surface area contributed by atoms with E-state index in [2.05, 4.69) is 11.4 Å². The van der Waals surface area contributed by atoms with E-state index >= 15 is 0 Å². The van der Waals surface area contributed by atoms with E-state index in [0.29, 0.717) is 18.7 Å². The smallest absolute Gasteiger partial charge is 0.275 e. The molecule has 0 radical (unpaired) electrons. The van der Waals surface area contributed by atoms with E-state index in [1.165, 1.54) is 6.07 Å². The van der Waals surface area contributed by atoms with Gasteiger partial charge in [-0.1, -0.05) is 29.8 Å². The van der Waals surface area contributed by atoms with Crippen molar-refractivity contribution in [3.05, 3.63) is 65.0 Å². The van der Waals surface area contributed by atoms with Gasteiger partial charge < -0.3 is 15.0 Å². The van der Waals surface area contributed by atoms with Crippen LogP contribution in [0.25, 0.3) is 0 Å². The summed E-state index contributed by atoms with van der Waals surface area (Å²) in [5.74, 6) is 0.414. The van der Waals surface area contributed by atoms with Crippen molar-refractivity contribution >= 4 is 5.91 Å². The summed E-state index contributed by atoms with van der Waals surface area (Å²) in [6.45, 7) is 3.22. The molecule has 0 saturated carbocycles. The van der Waals surface area contributed by atoms with Gasteiger partial charge in [-0.05, 0) is 25.1 Å². The summed E-state index contributed by atoms with van der Waals surface area (Å²) in [6, 6.07) is 12.5. The third-order valence-corrected chi connectivity index (χ3v) is 3.82. The quantitative estimate of drug-likeness (QED) is 0.807. The van der Waals surface area contributed by atoms with E-state index in [1.807, 2.05) is 26.1 Å². The van der Waals surface area contributed by atoms with Crippen LogP contribution in [0.5, 0.6) is 5.75 Å². The fraction of sp³-hybridized carbons (Fsp3) is 0.316. The molecule has 1 unspecified atom stereocenters. The molecule has 0 bridgehead atoms. The molecule has 4 nitrogen and oxygen atoms in total. The van der Waals surface area contributed by atoms with Crippen LogP contribution in [0.15, 0.2) is 42.5 Å². The Labute approximate surface area is 142 Å². The summed E-state index contributed by atoms with van der Waals surface area (Å²) in [5.41, 5.74) is 2.71. The van der Waals surface area contributed by atoms with Crippen LogP contribution in [0.4, 0.5) is 4.39 Å². The molecule has 1 atom stereocenters. The van der Waals surface area contributed by atoms with Crippen LogP contribution < -0.4 is 15.0 Å². The minimum absolute atomic E-state index is 0.109. The molecular formula is C19H24FN2O2+. The second-order valence-electron chi connectivity index (χ2n) is 5.99. The molecule has 2 aromatic carbocycles. The van der Waals surface area contributed by atoms with Gasteiger partial charge in [0.1, 0.15) is 18.1 Å². The average Bonchev–Trinajstić information content (AvgIpc) is 2.54. The molecule has 0 fully saturated rings. The van der Waals surface area contributed by atoms with Crippen molar-refractivity contribution < 1.29 is 18.8 Å². The summed E-state index contributed by atoms with van der Waals surface area (Å²) in [7, 11) is 3.59. The second-order valence-corrected chi connectivity index (χ2v) is 5.99. The maximum absolute atomic E-state index is 13.5. The highest BCUT2D eigenvalue weighted by Crippen LogP contribution is 2.18. The molecule has 0 heterocycles. The monoisotopic (exact) mass is 331 g/mol. The van der Waals surface area contributed by atoms with Crippen molar-refractivity contribution in [1.29, 1.82) is 0 Å². The number of hydrogen-bond donors (Lipinski definition) is 2. The predicted octanol–water partition coefficient (Wildman–Crippen LogP) is 1.47. The second kappa shape index (κ2) is 8.45. The van der Waals surface area contributed by atoms with Crippen LogP contribution in [0.1, 0.15) is 16.7 Å². The number of benzene rings is 2. The van der Waals surface area contributed by atoms with Gasteiger partial charge in [-0.15, -0.1) is 0 Å². The van der Waals surface area contributed by atoms with Gasteiger partial charge in [0.05, 0.1) is 14.2 Å². The van der Waals surface area contributed by atoms with Crippen molar-refractivity contribution in [2.75, 3.05) is 20.7 Å². The highest BCUT2D eigenvalue weighted by Gasteiger charge is 2.14. The third kappa shape index (κ3) is 5.06. The molecule has 0 saturated heterocycles. The number of quaternary nitrogens is 1. The summed E-state index contributed by atoms with van der Waals surface area (Å²) in [4.78, 5) is 13.1. The summed E-state index contributed by atoms with van der Waals surface area (Å²) in [5, 5.41) is 2.77. The lowest BCUT2D eigenvalue weighted by molar-refractivity contribution is -0.885. The molecule has 0 aliphatic rings. The zero-order valence-corrected chi connectivity index (χ0v) is 14.4. The Morgan fingerprint density at radius 2 is 1.96 bits per heavy atom. The van der Waals surface area contributed by atoms with Gasteiger partial charge in [0.25, 0.3) is 5.91 Å². The zero-order chi connectivity index (χ0) is 17.5. The number of rotatable bonds is 7. The highest BCUT2D eigenvalue weighted by atomic mass is 19.1. The molecule has 2 rings (SSSR count). The van der Waals surface area contributed by atoms with Gasteiger partial charge in [-0.3, -0.25) is 4.79 Å². The van der Waals surface area contributed by atoms with E-state index in [-0.39, 0.29) is 18.3 Å². The van der Waals surface area contributed by atoms with Crippen molar-refractivity contribution in [3.8, 4) is 5.75 Å². The number of ether oxygens (including phenoxy) is 1. The fourth-order valence-electron chi connectivity index (χ4n) is 2.61. The molecular weight excluding hydrogens is 307 g/mol. The minimum Gasteiger partial charge on any atom is -0.496 e. The molecule has 0 aromatic heterocycles. The molecule has 5 heteroatoms.